The third-order valence-corrected chi connectivity index (χ3v) is 8.82. The van der Waals surface area contributed by atoms with Crippen molar-refractivity contribution in [1.82, 2.24) is 4.90 Å². The number of nitrogens with zero attached hydrogens (tertiary/aromatic N) is 1. The second-order valence-electron chi connectivity index (χ2n) is 11.4. The lowest BCUT2D eigenvalue weighted by atomic mass is 9.55. The molecular formula is C34H34N2O5. The molecule has 0 saturated carbocycles. The summed E-state index contributed by atoms with van der Waals surface area (Å²) in [6.07, 6.45) is 2.03. The quantitative estimate of drug-likeness (QED) is 0.224. The Labute approximate surface area is 239 Å². The summed E-state index contributed by atoms with van der Waals surface area (Å²) in [6.45, 7) is 3.91. The summed E-state index contributed by atoms with van der Waals surface area (Å²) < 4.78 is 5.14. The highest BCUT2D eigenvalue weighted by molar-refractivity contribution is 6.07. The molecule has 2 atom stereocenters. The first-order chi connectivity index (χ1) is 19.8. The molecule has 3 aromatic rings. The smallest absolute Gasteiger partial charge is 0.306 e. The molecule has 1 saturated heterocycles. The number of aryl methyl sites for hydroxylation is 2. The number of imide groups is 1. The molecule has 1 heterocycles. The number of nitrogens with one attached hydrogen (secondary N) is 1. The lowest BCUT2D eigenvalue weighted by molar-refractivity contribution is -0.147. The zero-order chi connectivity index (χ0) is 28.7. The maximum atomic E-state index is 13.6. The van der Waals surface area contributed by atoms with Crippen LogP contribution in [0, 0.1) is 25.7 Å². The van der Waals surface area contributed by atoms with Gasteiger partial charge in [-0.15, -0.1) is 0 Å². The van der Waals surface area contributed by atoms with Crippen LogP contribution in [0.25, 0.3) is 0 Å². The van der Waals surface area contributed by atoms with E-state index in [1.54, 1.807) is 0 Å². The maximum absolute atomic E-state index is 13.6. The van der Waals surface area contributed by atoms with Crippen LogP contribution in [0.15, 0.2) is 66.7 Å². The first-order valence-corrected chi connectivity index (χ1v) is 14.4. The van der Waals surface area contributed by atoms with Crippen molar-refractivity contribution in [2.75, 3.05) is 18.5 Å². The molecule has 210 valence electrons. The molecule has 1 aliphatic heterocycles. The molecule has 7 rings (SSSR count). The van der Waals surface area contributed by atoms with Gasteiger partial charge < -0.3 is 10.1 Å². The first kappa shape index (κ1) is 26.9. The minimum atomic E-state index is -0.438. The van der Waals surface area contributed by atoms with Crippen molar-refractivity contribution in [2.24, 2.45) is 11.8 Å². The van der Waals surface area contributed by atoms with E-state index in [-0.39, 0.29) is 54.4 Å². The average molecular weight is 551 g/mol. The van der Waals surface area contributed by atoms with Crippen molar-refractivity contribution in [3.05, 3.63) is 100 Å². The minimum absolute atomic E-state index is 0.0757. The molecule has 3 aromatic carbocycles. The second-order valence-corrected chi connectivity index (χ2v) is 11.4. The number of anilines is 1. The van der Waals surface area contributed by atoms with Crippen LogP contribution < -0.4 is 5.32 Å². The molecule has 1 fully saturated rings. The van der Waals surface area contributed by atoms with Gasteiger partial charge in [-0.25, -0.2) is 0 Å². The highest BCUT2D eigenvalue weighted by Crippen LogP contribution is 2.60. The van der Waals surface area contributed by atoms with Crippen molar-refractivity contribution in [1.29, 1.82) is 0 Å². The molecule has 7 heteroatoms. The number of hydrogen-bond acceptors (Lipinski definition) is 5. The summed E-state index contributed by atoms with van der Waals surface area (Å²) in [5, 5.41) is 2.77. The Morgan fingerprint density at radius 3 is 1.88 bits per heavy atom. The zero-order valence-electron chi connectivity index (χ0n) is 23.4. The molecule has 0 unspecified atom stereocenters. The number of likely N-dealkylation sites (tertiary alicyclic amines) is 1. The van der Waals surface area contributed by atoms with E-state index < -0.39 is 5.97 Å². The van der Waals surface area contributed by atoms with Gasteiger partial charge in [0.15, 0.2) is 6.61 Å². The molecule has 1 N–H and O–H groups in total. The number of hydrogen-bond donors (Lipinski definition) is 1. The molecule has 7 nitrogen and oxygen atoms in total. The summed E-state index contributed by atoms with van der Waals surface area (Å²) in [4.78, 5) is 53.1. The van der Waals surface area contributed by atoms with Gasteiger partial charge in [-0.05, 0) is 60.6 Å². The summed E-state index contributed by atoms with van der Waals surface area (Å²) in [5.74, 6) is -1.88. The minimum Gasteiger partial charge on any atom is -0.456 e. The Kier molecular flexibility index (Phi) is 7.20. The third kappa shape index (κ3) is 4.83. The number of benzene rings is 3. The Balaban J connectivity index is 0.996. The largest absolute Gasteiger partial charge is 0.456 e. The van der Waals surface area contributed by atoms with Crippen LogP contribution in [0.1, 0.15) is 70.9 Å². The van der Waals surface area contributed by atoms with Gasteiger partial charge >= 0.3 is 5.97 Å². The Morgan fingerprint density at radius 1 is 0.780 bits per heavy atom. The SMILES string of the molecule is Cc1ccc(NC(=O)COC(=O)CCCCCN2C(=O)[C@@H]3C4c5ccccc5C(c5ccccc54)[C@@H]3C2=O)c(C)c1. The predicted octanol–water partition coefficient (Wildman–Crippen LogP) is 5.24. The number of esters is 1. The monoisotopic (exact) mass is 550 g/mol. The molecule has 0 aromatic heterocycles. The maximum Gasteiger partial charge on any atom is 0.306 e. The van der Waals surface area contributed by atoms with Crippen LogP contribution in [0.3, 0.4) is 0 Å². The topological polar surface area (TPSA) is 92.8 Å². The number of carbonyl (C=O) groups excluding carboxylic acids is 4. The fourth-order valence-corrected chi connectivity index (χ4v) is 7.03. The zero-order valence-corrected chi connectivity index (χ0v) is 23.4. The van der Waals surface area contributed by atoms with Gasteiger partial charge in [0.05, 0.1) is 11.8 Å². The van der Waals surface area contributed by atoms with Crippen molar-refractivity contribution < 1.29 is 23.9 Å². The van der Waals surface area contributed by atoms with E-state index >= 15 is 0 Å². The van der Waals surface area contributed by atoms with E-state index in [0.29, 0.717) is 31.5 Å². The number of amides is 3. The number of rotatable bonds is 9. The van der Waals surface area contributed by atoms with Crippen molar-refractivity contribution in [3.63, 3.8) is 0 Å². The number of carbonyl (C=O) groups is 4. The van der Waals surface area contributed by atoms with Gasteiger partial charge in [-0.1, -0.05) is 72.6 Å². The molecule has 41 heavy (non-hydrogen) atoms. The van der Waals surface area contributed by atoms with Crippen LogP contribution in [0.4, 0.5) is 5.69 Å². The molecule has 0 spiro atoms. The van der Waals surface area contributed by atoms with Crippen molar-refractivity contribution in [2.45, 2.75) is 51.4 Å². The first-order valence-electron chi connectivity index (χ1n) is 14.4. The van der Waals surface area contributed by atoms with E-state index in [0.717, 1.165) is 11.1 Å². The highest BCUT2D eigenvalue weighted by atomic mass is 16.5. The van der Waals surface area contributed by atoms with Crippen molar-refractivity contribution >= 4 is 29.4 Å². The van der Waals surface area contributed by atoms with E-state index in [4.69, 9.17) is 4.74 Å². The molecule has 4 aliphatic rings. The van der Waals surface area contributed by atoms with Gasteiger partial charge in [0.1, 0.15) is 0 Å². The summed E-state index contributed by atoms with van der Waals surface area (Å²) in [6, 6.07) is 22.2. The lowest BCUT2D eigenvalue weighted by Crippen LogP contribution is -2.41. The van der Waals surface area contributed by atoms with Gasteiger partial charge in [0.25, 0.3) is 5.91 Å². The molecule has 3 aliphatic carbocycles. The standard InChI is InChI=1S/C34H34N2O5/c1-20-15-16-26(21(2)18-20)35-27(37)19-41-28(38)14-4-3-9-17-36-33(39)31-29-22-10-5-6-11-23(22)30(32(31)34(36)40)25-13-8-7-12-24(25)29/h5-8,10-13,15-16,18,29-32H,3-4,9,14,17,19H2,1-2H3,(H,35,37)/t29?,30?,31-,32+. The van der Waals surface area contributed by atoms with Crippen LogP contribution in [0.2, 0.25) is 0 Å². The van der Waals surface area contributed by atoms with Crippen molar-refractivity contribution in [3.8, 4) is 0 Å². The van der Waals surface area contributed by atoms with Crippen LogP contribution in [-0.4, -0.2) is 41.7 Å². The Hall–Kier alpha value is -4.26. The Morgan fingerprint density at radius 2 is 1.34 bits per heavy atom. The van der Waals surface area contributed by atoms with Crippen LogP contribution in [-0.2, 0) is 23.9 Å². The van der Waals surface area contributed by atoms with Gasteiger partial charge in [-0.2, -0.15) is 0 Å². The fourth-order valence-electron chi connectivity index (χ4n) is 7.03. The highest BCUT2D eigenvalue weighted by Gasteiger charge is 2.61. The molecule has 0 radical (unpaired) electrons. The molecule has 2 bridgehead atoms. The van der Waals surface area contributed by atoms with Crippen LogP contribution in [0.5, 0.6) is 0 Å². The van der Waals surface area contributed by atoms with Gasteiger partial charge in [0.2, 0.25) is 11.8 Å². The average Bonchev–Trinajstić information content (AvgIpc) is 3.23. The fraction of sp³-hybridized carbons (Fsp3) is 0.353. The summed E-state index contributed by atoms with van der Waals surface area (Å²) in [7, 11) is 0. The van der Waals surface area contributed by atoms with E-state index in [1.807, 2.05) is 56.3 Å². The number of ether oxygens (including phenoxy) is 1. The van der Waals surface area contributed by atoms with Gasteiger partial charge in [0, 0.05) is 30.5 Å². The van der Waals surface area contributed by atoms with E-state index in [2.05, 4.69) is 29.6 Å². The molecule has 3 amide bonds. The van der Waals surface area contributed by atoms with Crippen LogP contribution >= 0.6 is 0 Å². The second kappa shape index (κ2) is 11.0. The third-order valence-electron chi connectivity index (χ3n) is 8.82. The summed E-state index contributed by atoms with van der Waals surface area (Å²) in [5.41, 5.74) is 7.42. The molecular weight excluding hydrogens is 516 g/mol. The predicted molar refractivity (Wildman–Crippen MR) is 154 cm³/mol. The lowest BCUT2D eigenvalue weighted by Gasteiger charge is -2.45. The normalized spacial score (nSPS) is 21.8. The van der Waals surface area contributed by atoms with Gasteiger partial charge in [-0.3, -0.25) is 24.1 Å². The number of unbranched alkanes of at least 4 members (excludes halogenated alkanes) is 2. The van der Waals surface area contributed by atoms with E-state index in [9.17, 15) is 19.2 Å². The Bertz CT molecular complexity index is 1430. The summed E-state index contributed by atoms with van der Waals surface area (Å²) >= 11 is 0. The van der Waals surface area contributed by atoms with E-state index in [1.165, 1.54) is 27.2 Å².